The highest BCUT2D eigenvalue weighted by Gasteiger charge is 2.28. The van der Waals surface area contributed by atoms with Crippen molar-refractivity contribution in [3.8, 4) is 0 Å². The number of thioether (sulfide) groups is 1. The summed E-state index contributed by atoms with van der Waals surface area (Å²) >= 11 is 11.0. The highest BCUT2D eigenvalue weighted by atomic mass is 79.9. The standard InChI is InChI=1S/C25H30BrClN2O2S/c1-18(25(31)28-23-5-3-2-4-6-23)29(15-19-7-11-21(26)12-8-19)24(30)17-32-16-20-9-13-22(27)14-10-20/h7-14,18,23H,2-6,15-17H2,1H3,(H,28,31)/t18-/m0/s1. The lowest BCUT2D eigenvalue weighted by atomic mass is 9.95. The molecule has 1 saturated carbocycles. The average Bonchev–Trinajstić information content (AvgIpc) is 2.80. The molecule has 7 heteroatoms. The molecule has 0 radical (unpaired) electrons. The van der Waals surface area contributed by atoms with Crippen LogP contribution >= 0.6 is 39.3 Å². The van der Waals surface area contributed by atoms with E-state index in [0.29, 0.717) is 17.3 Å². The molecule has 2 aromatic rings. The van der Waals surface area contributed by atoms with E-state index in [1.54, 1.807) is 16.7 Å². The predicted octanol–water partition coefficient (Wildman–Crippen LogP) is 6.20. The number of rotatable bonds is 9. The third-order valence-electron chi connectivity index (χ3n) is 5.79. The van der Waals surface area contributed by atoms with Gasteiger partial charge in [-0.3, -0.25) is 9.59 Å². The van der Waals surface area contributed by atoms with E-state index in [1.165, 1.54) is 6.42 Å². The van der Waals surface area contributed by atoms with Gasteiger partial charge >= 0.3 is 0 Å². The van der Waals surface area contributed by atoms with Gasteiger partial charge in [-0.15, -0.1) is 11.8 Å². The van der Waals surface area contributed by atoms with Crippen molar-refractivity contribution in [2.75, 3.05) is 5.75 Å². The van der Waals surface area contributed by atoms with Crippen LogP contribution in [0.5, 0.6) is 0 Å². The molecule has 3 rings (SSSR count). The van der Waals surface area contributed by atoms with Crippen LogP contribution in [-0.4, -0.2) is 34.6 Å². The monoisotopic (exact) mass is 536 g/mol. The highest BCUT2D eigenvalue weighted by molar-refractivity contribution is 9.10. The first-order valence-corrected chi connectivity index (χ1v) is 13.4. The fraction of sp³-hybridized carbons (Fsp3) is 0.440. The Labute approximate surface area is 208 Å². The second kappa shape index (κ2) is 12.7. The zero-order valence-electron chi connectivity index (χ0n) is 18.4. The number of amides is 2. The minimum absolute atomic E-state index is 0.0295. The minimum Gasteiger partial charge on any atom is -0.352 e. The largest absolute Gasteiger partial charge is 0.352 e. The molecular formula is C25H30BrClN2O2S. The summed E-state index contributed by atoms with van der Waals surface area (Å²) in [6.07, 6.45) is 5.59. The Morgan fingerprint density at radius 3 is 2.34 bits per heavy atom. The summed E-state index contributed by atoms with van der Waals surface area (Å²) in [6, 6.07) is 15.2. The van der Waals surface area contributed by atoms with Gasteiger partial charge in [0.1, 0.15) is 6.04 Å². The third kappa shape index (κ3) is 7.82. The smallest absolute Gasteiger partial charge is 0.242 e. The quantitative estimate of drug-likeness (QED) is 0.414. The molecule has 4 nitrogen and oxygen atoms in total. The molecule has 0 bridgehead atoms. The maximum atomic E-state index is 13.2. The lowest BCUT2D eigenvalue weighted by molar-refractivity contribution is -0.139. The van der Waals surface area contributed by atoms with Gasteiger partial charge in [0.25, 0.3) is 0 Å². The van der Waals surface area contributed by atoms with Crippen LogP contribution < -0.4 is 5.32 Å². The number of nitrogens with zero attached hydrogens (tertiary/aromatic N) is 1. The molecule has 0 unspecified atom stereocenters. The molecule has 1 aliphatic carbocycles. The van der Waals surface area contributed by atoms with Crippen LogP contribution in [0.2, 0.25) is 5.02 Å². The maximum Gasteiger partial charge on any atom is 0.242 e. The Balaban J connectivity index is 1.64. The average molecular weight is 538 g/mol. The molecular weight excluding hydrogens is 508 g/mol. The fourth-order valence-electron chi connectivity index (χ4n) is 3.86. The maximum absolute atomic E-state index is 13.2. The first kappa shape index (κ1) is 25.1. The number of hydrogen-bond donors (Lipinski definition) is 1. The summed E-state index contributed by atoms with van der Waals surface area (Å²) in [5.74, 6) is 0.945. The molecule has 0 saturated heterocycles. The van der Waals surface area contributed by atoms with Crippen LogP contribution in [-0.2, 0) is 21.9 Å². The van der Waals surface area contributed by atoms with Gasteiger partial charge in [0, 0.05) is 27.8 Å². The molecule has 172 valence electrons. The van der Waals surface area contributed by atoms with Crippen molar-refractivity contribution in [3.05, 3.63) is 69.2 Å². The lowest BCUT2D eigenvalue weighted by Gasteiger charge is -2.31. The summed E-state index contributed by atoms with van der Waals surface area (Å²) in [4.78, 5) is 27.9. The first-order chi connectivity index (χ1) is 15.4. The summed E-state index contributed by atoms with van der Waals surface area (Å²) in [5, 5.41) is 3.88. The number of halogens is 2. The zero-order chi connectivity index (χ0) is 22.9. The number of carbonyl (C=O) groups is 2. The Kier molecular flexibility index (Phi) is 9.94. The predicted molar refractivity (Wildman–Crippen MR) is 137 cm³/mol. The summed E-state index contributed by atoms with van der Waals surface area (Å²) in [6.45, 7) is 2.24. The topological polar surface area (TPSA) is 49.4 Å². The first-order valence-electron chi connectivity index (χ1n) is 11.1. The SMILES string of the molecule is C[C@@H](C(=O)NC1CCCCC1)N(Cc1ccc(Br)cc1)C(=O)CSCc1ccc(Cl)cc1. The van der Waals surface area contributed by atoms with Crippen molar-refractivity contribution in [3.63, 3.8) is 0 Å². The van der Waals surface area contributed by atoms with E-state index in [1.807, 2.05) is 55.5 Å². The van der Waals surface area contributed by atoms with Crippen LogP contribution in [0.4, 0.5) is 0 Å². The van der Waals surface area contributed by atoms with E-state index in [9.17, 15) is 9.59 Å². The molecule has 2 aromatic carbocycles. The molecule has 1 aliphatic rings. The number of benzene rings is 2. The van der Waals surface area contributed by atoms with Crippen LogP contribution in [0, 0.1) is 0 Å². The van der Waals surface area contributed by atoms with Crippen molar-refractivity contribution in [2.24, 2.45) is 0 Å². The van der Waals surface area contributed by atoms with E-state index in [-0.39, 0.29) is 17.9 Å². The van der Waals surface area contributed by atoms with Crippen molar-refractivity contribution >= 4 is 51.1 Å². The summed E-state index contributed by atoms with van der Waals surface area (Å²) in [5.41, 5.74) is 2.12. The molecule has 0 aromatic heterocycles. The van der Waals surface area contributed by atoms with Gasteiger partial charge in [0.2, 0.25) is 11.8 Å². The summed E-state index contributed by atoms with van der Waals surface area (Å²) < 4.78 is 0.987. The molecule has 0 heterocycles. The van der Waals surface area contributed by atoms with Crippen molar-refractivity contribution in [1.29, 1.82) is 0 Å². The van der Waals surface area contributed by atoms with E-state index >= 15 is 0 Å². The van der Waals surface area contributed by atoms with Gasteiger partial charge in [-0.05, 0) is 55.2 Å². The molecule has 1 fully saturated rings. The van der Waals surface area contributed by atoms with Crippen LogP contribution in [0.25, 0.3) is 0 Å². The number of hydrogen-bond acceptors (Lipinski definition) is 3. The number of carbonyl (C=O) groups excluding carboxylic acids is 2. The highest BCUT2D eigenvalue weighted by Crippen LogP contribution is 2.20. The Bertz CT molecular complexity index is 886. The van der Waals surface area contributed by atoms with Gasteiger partial charge in [0.15, 0.2) is 0 Å². The minimum atomic E-state index is -0.524. The Morgan fingerprint density at radius 1 is 1.06 bits per heavy atom. The molecule has 2 amide bonds. The molecule has 32 heavy (non-hydrogen) atoms. The fourth-order valence-corrected chi connectivity index (χ4v) is 5.12. The van der Waals surface area contributed by atoms with Crippen LogP contribution in [0.15, 0.2) is 53.0 Å². The molecule has 1 N–H and O–H groups in total. The van der Waals surface area contributed by atoms with Crippen molar-refractivity contribution in [1.82, 2.24) is 10.2 Å². The number of nitrogens with one attached hydrogen (secondary N) is 1. The van der Waals surface area contributed by atoms with Crippen LogP contribution in [0.1, 0.15) is 50.2 Å². The lowest BCUT2D eigenvalue weighted by Crippen LogP contribution is -2.50. The van der Waals surface area contributed by atoms with Gasteiger partial charge in [-0.25, -0.2) is 0 Å². The van der Waals surface area contributed by atoms with Gasteiger partial charge in [-0.2, -0.15) is 0 Å². The van der Waals surface area contributed by atoms with E-state index in [4.69, 9.17) is 11.6 Å². The second-order valence-corrected chi connectivity index (χ2v) is 10.6. The molecule has 1 atom stereocenters. The van der Waals surface area contributed by atoms with Gasteiger partial charge in [0.05, 0.1) is 5.75 Å². The normalized spacial score (nSPS) is 15.2. The van der Waals surface area contributed by atoms with E-state index in [0.717, 1.165) is 47.0 Å². The van der Waals surface area contributed by atoms with E-state index < -0.39 is 6.04 Å². The molecule has 0 spiro atoms. The Hall–Kier alpha value is -1.50. The second-order valence-electron chi connectivity index (χ2n) is 8.29. The Morgan fingerprint density at radius 2 is 1.69 bits per heavy atom. The summed E-state index contributed by atoms with van der Waals surface area (Å²) in [7, 11) is 0. The van der Waals surface area contributed by atoms with Gasteiger partial charge < -0.3 is 10.2 Å². The zero-order valence-corrected chi connectivity index (χ0v) is 21.5. The third-order valence-corrected chi connectivity index (χ3v) is 7.56. The van der Waals surface area contributed by atoms with Crippen LogP contribution in [0.3, 0.4) is 0 Å². The molecule has 0 aliphatic heterocycles. The van der Waals surface area contributed by atoms with Crippen molar-refractivity contribution < 1.29 is 9.59 Å². The van der Waals surface area contributed by atoms with Crippen molar-refractivity contribution in [2.45, 2.75) is 63.4 Å². The van der Waals surface area contributed by atoms with Gasteiger partial charge in [-0.1, -0.05) is 71.1 Å². The van der Waals surface area contributed by atoms with E-state index in [2.05, 4.69) is 21.2 Å².